The Morgan fingerprint density at radius 1 is 1.14 bits per heavy atom. The van der Waals surface area contributed by atoms with Crippen molar-refractivity contribution in [2.24, 2.45) is 0 Å². The highest BCUT2D eigenvalue weighted by molar-refractivity contribution is 9.10. The van der Waals surface area contributed by atoms with Gasteiger partial charge in [0.15, 0.2) is 11.5 Å². The molecule has 0 fully saturated rings. The largest absolute Gasteiger partial charge is 0.493 e. The average molecular weight is 446 g/mol. The molecule has 2 aromatic rings. The minimum atomic E-state index is -0.532. The van der Waals surface area contributed by atoms with E-state index in [9.17, 15) is 4.79 Å². The van der Waals surface area contributed by atoms with Crippen LogP contribution in [-0.2, 0) is 22.4 Å². The van der Waals surface area contributed by atoms with E-state index in [1.165, 1.54) is 0 Å². The van der Waals surface area contributed by atoms with Gasteiger partial charge >= 0.3 is 0 Å². The summed E-state index contributed by atoms with van der Waals surface area (Å²) in [4.78, 5) is 12.4. The van der Waals surface area contributed by atoms with Gasteiger partial charge in [0.25, 0.3) is 0 Å². The van der Waals surface area contributed by atoms with Gasteiger partial charge in [0.2, 0.25) is 5.91 Å². The summed E-state index contributed by atoms with van der Waals surface area (Å²) in [6.07, 6.45) is 5.86. The van der Waals surface area contributed by atoms with E-state index in [2.05, 4.69) is 27.2 Å². The molecule has 1 atom stereocenters. The second-order valence-electron chi connectivity index (χ2n) is 6.07. The van der Waals surface area contributed by atoms with Crippen LogP contribution in [-0.4, -0.2) is 39.4 Å². The van der Waals surface area contributed by atoms with E-state index in [-0.39, 0.29) is 12.5 Å². The number of benzene rings is 2. The Morgan fingerprint density at radius 3 is 2.50 bits per heavy atom. The first kappa shape index (κ1) is 21.8. The fraction of sp³-hybridized carbons (Fsp3) is 0.318. The van der Waals surface area contributed by atoms with Crippen LogP contribution in [0, 0.1) is 12.3 Å². The fourth-order valence-electron chi connectivity index (χ4n) is 2.67. The molecule has 0 bridgehead atoms. The first-order chi connectivity index (χ1) is 13.6. The third-order valence-electron chi connectivity index (χ3n) is 4.16. The van der Waals surface area contributed by atoms with Crippen molar-refractivity contribution < 1.29 is 19.0 Å². The lowest BCUT2D eigenvalue weighted by Gasteiger charge is -2.16. The number of hydrogen-bond acceptors (Lipinski definition) is 4. The van der Waals surface area contributed by atoms with Crippen LogP contribution in [0.25, 0.3) is 0 Å². The van der Waals surface area contributed by atoms with Crippen LogP contribution in [0.2, 0.25) is 0 Å². The summed E-state index contributed by atoms with van der Waals surface area (Å²) in [6.45, 7) is 0.676. The van der Waals surface area contributed by atoms with Crippen LogP contribution >= 0.6 is 15.9 Å². The second-order valence-corrected chi connectivity index (χ2v) is 6.99. The van der Waals surface area contributed by atoms with E-state index in [0.717, 1.165) is 15.6 Å². The zero-order valence-corrected chi connectivity index (χ0v) is 17.6. The van der Waals surface area contributed by atoms with Gasteiger partial charge in [0.1, 0.15) is 12.7 Å². The number of terminal acetylenes is 1. The lowest BCUT2D eigenvalue weighted by molar-refractivity contribution is -0.130. The zero-order valence-electron chi connectivity index (χ0n) is 16.0. The molecule has 1 amide bonds. The van der Waals surface area contributed by atoms with Crippen molar-refractivity contribution in [2.75, 3.05) is 27.4 Å². The number of methoxy groups -OCH3 is 2. The smallest absolute Gasteiger partial charge is 0.249 e. The Bertz CT molecular complexity index is 814. The van der Waals surface area contributed by atoms with Gasteiger partial charge in [-0.05, 0) is 41.8 Å². The minimum absolute atomic E-state index is 0.133. The Balaban J connectivity index is 1.87. The van der Waals surface area contributed by atoms with Crippen LogP contribution in [0.15, 0.2) is 46.9 Å². The monoisotopic (exact) mass is 445 g/mol. The van der Waals surface area contributed by atoms with Crippen molar-refractivity contribution in [1.29, 1.82) is 0 Å². The highest BCUT2D eigenvalue weighted by atomic mass is 79.9. The third kappa shape index (κ3) is 6.59. The van der Waals surface area contributed by atoms with Gasteiger partial charge in [-0.25, -0.2) is 0 Å². The molecular formula is C22H24BrNO4. The highest BCUT2D eigenvalue weighted by Gasteiger charge is 2.18. The van der Waals surface area contributed by atoms with Crippen molar-refractivity contribution in [3.63, 3.8) is 0 Å². The number of carbonyl (C=O) groups excluding carboxylic acids is 1. The lowest BCUT2D eigenvalue weighted by atomic mass is 10.1. The molecule has 0 aliphatic carbocycles. The summed E-state index contributed by atoms with van der Waals surface area (Å²) in [5, 5.41) is 2.93. The van der Waals surface area contributed by atoms with Gasteiger partial charge in [0.05, 0.1) is 7.11 Å². The number of carbonyl (C=O) groups is 1. The Morgan fingerprint density at radius 2 is 1.86 bits per heavy atom. The number of amides is 1. The van der Waals surface area contributed by atoms with Gasteiger partial charge < -0.3 is 19.5 Å². The number of rotatable bonds is 10. The molecule has 6 heteroatoms. The molecule has 5 nitrogen and oxygen atoms in total. The molecule has 0 saturated carbocycles. The molecule has 0 aromatic heterocycles. The van der Waals surface area contributed by atoms with Crippen molar-refractivity contribution in [3.05, 3.63) is 58.1 Å². The normalized spacial score (nSPS) is 11.4. The SMILES string of the molecule is C#CCOc1ccc(CCNC(=O)C(Cc2ccc(Br)cc2)OC)cc1OC. The zero-order chi connectivity index (χ0) is 20.4. The molecule has 0 aliphatic heterocycles. The summed E-state index contributed by atoms with van der Waals surface area (Å²) in [6, 6.07) is 13.5. The van der Waals surface area contributed by atoms with E-state index in [4.69, 9.17) is 20.6 Å². The highest BCUT2D eigenvalue weighted by Crippen LogP contribution is 2.28. The summed E-state index contributed by atoms with van der Waals surface area (Å²) in [7, 11) is 3.12. The lowest BCUT2D eigenvalue weighted by Crippen LogP contribution is -2.38. The van der Waals surface area contributed by atoms with E-state index >= 15 is 0 Å². The van der Waals surface area contributed by atoms with Gasteiger partial charge in [0, 0.05) is 24.5 Å². The van der Waals surface area contributed by atoms with E-state index in [1.807, 2.05) is 42.5 Å². The molecule has 2 rings (SSSR count). The van der Waals surface area contributed by atoms with Crippen molar-refractivity contribution in [2.45, 2.75) is 18.9 Å². The number of nitrogens with one attached hydrogen (secondary N) is 1. The predicted molar refractivity (Wildman–Crippen MR) is 113 cm³/mol. The second kappa shape index (κ2) is 11.4. The molecule has 0 aliphatic rings. The average Bonchev–Trinajstić information content (AvgIpc) is 2.72. The number of halogens is 1. The van der Waals surface area contributed by atoms with E-state index in [0.29, 0.717) is 30.9 Å². The maximum atomic E-state index is 12.4. The number of ether oxygens (including phenoxy) is 3. The molecule has 2 aromatic carbocycles. The van der Waals surface area contributed by atoms with Crippen LogP contribution < -0.4 is 14.8 Å². The van der Waals surface area contributed by atoms with Crippen molar-refractivity contribution in [1.82, 2.24) is 5.32 Å². The fourth-order valence-corrected chi connectivity index (χ4v) is 2.93. The molecule has 1 N–H and O–H groups in total. The van der Waals surface area contributed by atoms with Gasteiger partial charge in [-0.2, -0.15) is 0 Å². The Kier molecular flexibility index (Phi) is 8.86. The molecule has 28 heavy (non-hydrogen) atoms. The minimum Gasteiger partial charge on any atom is -0.493 e. The molecule has 0 spiro atoms. The summed E-state index contributed by atoms with van der Waals surface area (Å²) in [5.74, 6) is 3.51. The first-order valence-corrected chi connectivity index (χ1v) is 9.64. The maximum Gasteiger partial charge on any atom is 0.249 e. The van der Waals surface area contributed by atoms with Gasteiger partial charge in [-0.15, -0.1) is 6.42 Å². The summed E-state index contributed by atoms with van der Waals surface area (Å²) in [5.41, 5.74) is 2.06. The van der Waals surface area contributed by atoms with Crippen LogP contribution in [0.3, 0.4) is 0 Å². The maximum absolute atomic E-state index is 12.4. The van der Waals surface area contributed by atoms with Gasteiger partial charge in [-0.1, -0.05) is 40.0 Å². The quantitative estimate of drug-likeness (QED) is 0.569. The summed E-state index contributed by atoms with van der Waals surface area (Å²) < 4.78 is 17.1. The number of hydrogen-bond donors (Lipinski definition) is 1. The van der Waals surface area contributed by atoms with Crippen LogP contribution in [0.4, 0.5) is 0 Å². The Hall–Kier alpha value is -2.49. The molecule has 0 saturated heterocycles. The molecular weight excluding hydrogens is 422 g/mol. The third-order valence-corrected chi connectivity index (χ3v) is 4.69. The van der Waals surface area contributed by atoms with Crippen molar-refractivity contribution in [3.8, 4) is 23.8 Å². The summed E-state index contributed by atoms with van der Waals surface area (Å²) >= 11 is 3.41. The molecule has 0 radical (unpaired) electrons. The van der Waals surface area contributed by atoms with Crippen LogP contribution in [0.1, 0.15) is 11.1 Å². The first-order valence-electron chi connectivity index (χ1n) is 8.85. The molecule has 1 unspecified atom stereocenters. The van der Waals surface area contributed by atoms with Crippen LogP contribution in [0.5, 0.6) is 11.5 Å². The van der Waals surface area contributed by atoms with Crippen molar-refractivity contribution >= 4 is 21.8 Å². The Labute approximate surface area is 174 Å². The van der Waals surface area contributed by atoms with E-state index < -0.39 is 6.10 Å². The molecule has 148 valence electrons. The van der Waals surface area contributed by atoms with E-state index in [1.54, 1.807) is 14.2 Å². The predicted octanol–water partition coefficient (Wildman–Crippen LogP) is 3.39. The topological polar surface area (TPSA) is 56.8 Å². The van der Waals surface area contributed by atoms with Gasteiger partial charge in [-0.3, -0.25) is 4.79 Å². The standard InChI is InChI=1S/C22H24BrNO4/c1-4-13-28-19-10-7-17(14-20(19)26-2)11-12-24-22(25)21(27-3)15-16-5-8-18(23)9-6-16/h1,5-10,14,21H,11-13,15H2,2-3H3,(H,24,25). The molecule has 0 heterocycles.